The Labute approximate surface area is 163 Å². The number of hydrogen-bond acceptors (Lipinski definition) is 2. The maximum absolute atomic E-state index is 12.7. The van der Waals surface area contributed by atoms with E-state index in [1.54, 1.807) is 24.3 Å². The quantitative estimate of drug-likeness (QED) is 0.744. The van der Waals surface area contributed by atoms with Crippen LogP contribution in [0, 0.1) is 5.92 Å². The molecule has 1 aliphatic carbocycles. The number of aromatic nitrogens is 1. The normalized spacial score (nSPS) is 13.9. The summed E-state index contributed by atoms with van der Waals surface area (Å²) < 4.78 is 1.94. The largest absolute Gasteiger partial charge is 0.328 e. The number of anilines is 1. The zero-order valence-corrected chi connectivity index (χ0v) is 15.4. The highest BCUT2D eigenvalue weighted by atomic mass is 16.2. The lowest BCUT2D eigenvalue weighted by Gasteiger charge is -2.08. The van der Waals surface area contributed by atoms with Gasteiger partial charge in [-0.2, -0.15) is 4.99 Å². The second-order valence-corrected chi connectivity index (χ2v) is 6.93. The van der Waals surface area contributed by atoms with Crippen LogP contribution in [0.5, 0.6) is 0 Å². The summed E-state index contributed by atoms with van der Waals surface area (Å²) in [5, 5.41) is 2.87. The number of amides is 2. The van der Waals surface area contributed by atoms with Crippen molar-refractivity contribution in [1.29, 1.82) is 0 Å². The monoisotopic (exact) mass is 371 g/mol. The molecule has 0 aliphatic heterocycles. The van der Waals surface area contributed by atoms with Crippen LogP contribution in [0.3, 0.4) is 0 Å². The Bertz CT molecular complexity index is 1070. The zero-order valence-electron chi connectivity index (χ0n) is 15.4. The molecule has 1 aliphatic rings. The summed E-state index contributed by atoms with van der Waals surface area (Å²) in [6, 6.07) is 22.6. The van der Waals surface area contributed by atoms with E-state index in [4.69, 9.17) is 0 Å². The van der Waals surface area contributed by atoms with Gasteiger partial charge in [0.1, 0.15) is 5.49 Å². The highest BCUT2D eigenvalue weighted by Gasteiger charge is 2.29. The van der Waals surface area contributed by atoms with Gasteiger partial charge in [0.05, 0.1) is 0 Å². The molecule has 5 heteroatoms. The molecule has 0 unspecified atom stereocenters. The molecule has 3 aromatic rings. The minimum Gasteiger partial charge on any atom is -0.328 e. The lowest BCUT2D eigenvalue weighted by Crippen LogP contribution is -2.22. The van der Waals surface area contributed by atoms with Gasteiger partial charge < -0.3 is 9.88 Å². The van der Waals surface area contributed by atoms with Gasteiger partial charge in [0.15, 0.2) is 0 Å². The summed E-state index contributed by atoms with van der Waals surface area (Å²) in [6.07, 6.45) is 3.79. The zero-order chi connectivity index (χ0) is 19.3. The number of nitrogens with zero attached hydrogens (tertiary/aromatic N) is 2. The number of nitrogens with one attached hydrogen (secondary N) is 1. The third-order valence-electron chi connectivity index (χ3n) is 4.65. The van der Waals surface area contributed by atoms with Crippen molar-refractivity contribution in [3.63, 3.8) is 0 Å². The molecule has 1 N–H and O–H groups in total. The fourth-order valence-electron chi connectivity index (χ4n) is 2.97. The van der Waals surface area contributed by atoms with Gasteiger partial charge in [-0.15, -0.1) is 0 Å². The average Bonchev–Trinajstić information content (AvgIpc) is 3.56. The minimum atomic E-state index is -0.337. The van der Waals surface area contributed by atoms with Crippen molar-refractivity contribution in [2.75, 3.05) is 5.32 Å². The van der Waals surface area contributed by atoms with Crippen LogP contribution in [0.25, 0.3) is 0 Å². The molecule has 1 heterocycles. The van der Waals surface area contributed by atoms with Crippen LogP contribution in [0.15, 0.2) is 84.0 Å². The highest BCUT2D eigenvalue weighted by molar-refractivity contribution is 5.98. The van der Waals surface area contributed by atoms with E-state index in [1.807, 2.05) is 59.3 Å². The van der Waals surface area contributed by atoms with Crippen molar-refractivity contribution in [1.82, 2.24) is 4.57 Å². The van der Waals surface area contributed by atoms with E-state index >= 15 is 0 Å². The molecule has 28 heavy (non-hydrogen) atoms. The number of carbonyl (C=O) groups excluding carboxylic acids is 2. The third-order valence-corrected chi connectivity index (χ3v) is 4.65. The van der Waals surface area contributed by atoms with Crippen molar-refractivity contribution >= 4 is 17.5 Å². The Morgan fingerprint density at radius 2 is 1.75 bits per heavy atom. The highest BCUT2D eigenvalue weighted by Crippen LogP contribution is 2.30. The fourth-order valence-corrected chi connectivity index (χ4v) is 2.97. The summed E-state index contributed by atoms with van der Waals surface area (Å²) in [5.41, 5.74) is 2.79. The Morgan fingerprint density at radius 1 is 0.964 bits per heavy atom. The van der Waals surface area contributed by atoms with E-state index in [1.165, 1.54) is 0 Å². The van der Waals surface area contributed by atoms with Crippen LogP contribution in [-0.2, 0) is 11.3 Å². The molecule has 1 fully saturated rings. The average molecular weight is 371 g/mol. The van der Waals surface area contributed by atoms with Crippen molar-refractivity contribution in [3.8, 4) is 0 Å². The molecule has 0 saturated heterocycles. The first-order valence-electron chi connectivity index (χ1n) is 9.38. The van der Waals surface area contributed by atoms with E-state index < -0.39 is 0 Å². The molecule has 0 spiro atoms. The lowest BCUT2D eigenvalue weighted by atomic mass is 10.2. The predicted octanol–water partition coefficient (Wildman–Crippen LogP) is 3.63. The lowest BCUT2D eigenvalue weighted by molar-refractivity contribution is -0.117. The number of carbonyl (C=O) groups is 2. The topological polar surface area (TPSA) is 63.5 Å². The molecule has 4 rings (SSSR count). The SMILES string of the molecule is O=C(N=c1ccccn1Cc1ccccc1)c1cccc(NC(=O)C2CC2)c1. The smallest absolute Gasteiger partial charge is 0.279 e. The molecular formula is C23H21N3O2. The first-order valence-corrected chi connectivity index (χ1v) is 9.38. The first kappa shape index (κ1) is 17.9. The van der Waals surface area contributed by atoms with Crippen LogP contribution >= 0.6 is 0 Å². The van der Waals surface area contributed by atoms with E-state index in [2.05, 4.69) is 10.3 Å². The Kier molecular flexibility index (Phi) is 5.15. The summed E-state index contributed by atoms with van der Waals surface area (Å²) >= 11 is 0. The molecule has 5 nitrogen and oxygen atoms in total. The molecule has 0 bridgehead atoms. The number of hydrogen-bond donors (Lipinski definition) is 1. The van der Waals surface area contributed by atoms with Crippen LogP contribution in [-0.4, -0.2) is 16.4 Å². The van der Waals surface area contributed by atoms with Gasteiger partial charge >= 0.3 is 0 Å². The maximum Gasteiger partial charge on any atom is 0.279 e. The molecule has 140 valence electrons. The number of benzene rings is 2. The standard InChI is InChI=1S/C23H21N3O2/c27-22(18-12-13-18)24-20-10-6-9-19(15-20)23(28)25-21-11-4-5-14-26(21)16-17-7-2-1-3-8-17/h1-11,14-15,18H,12-13,16H2,(H,24,27). The maximum atomic E-state index is 12.7. The van der Waals surface area contributed by atoms with E-state index in [0.29, 0.717) is 23.3 Å². The predicted molar refractivity (Wildman–Crippen MR) is 108 cm³/mol. The number of pyridine rings is 1. The van der Waals surface area contributed by atoms with Gasteiger partial charge in [0, 0.05) is 29.9 Å². The molecule has 1 saturated carbocycles. The second kappa shape index (κ2) is 8.05. The van der Waals surface area contributed by atoms with E-state index in [9.17, 15) is 9.59 Å². The summed E-state index contributed by atoms with van der Waals surface area (Å²) in [5.74, 6) is -0.203. The van der Waals surface area contributed by atoms with Gasteiger partial charge in [-0.3, -0.25) is 9.59 Å². The summed E-state index contributed by atoms with van der Waals surface area (Å²) in [7, 11) is 0. The molecule has 0 atom stereocenters. The van der Waals surface area contributed by atoms with Gasteiger partial charge in [0.2, 0.25) is 5.91 Å². The van der Waals surface area contributed by atoms with Gasteiger partial charge in [-0.25, -0.2) is 0 Å². The summed E-state index contributed by atoms with van der Waals surface area (Å²) in [6.45, 7) is 0.630. The molecular weight excluding hydrogens is 350 g/mol. The van der Waals surface area contributed by atoms with Crippen molar-refractivity contribution in [2.24, 2.45) is 10.9 Å². The van der Waals surface area contributed by atoms with Gasteiger partial charge in [-0.05, 0) is 48.7 Å². The van der Waals surface area contributed by atoms with Crippen LogP contribution < -0.4 is 10.8 Å². The third kappa shape index (κ3) is 4.43. The van der Waals surface area contributed by atoms with E-state index in [0.717, 1.165) is 18.4 Å². The van der Waals surface area contributed by atoms with Gasteiger partial charge in [-0.1, -0.05) is 42.5 Å². The molecule has 2 amide bonds. The first-order chi connectivity index (χ1) is 13.7. The van der Waals surface area contributed by atoms with Crippen LogP contribution in [0.1, 0.15) is 28.8 Å². The summed E-state index contributed by atoms with van der Waals surface area (Å²) in [4.78, 5) is 29.0. The fraction of sp³-hybridized carbons (Fsp3) is 0.174. The Balaban J connectivity index is 1.57. The van der Waals surface area contributed by atoms with Crippen molar-refractivity contribution in [2.45, 2.75) is 19.4 Å². The number of rotatable bonds is 5. The molecule has 1 aromatic heterocycles. The van der Waals surface area contributed by atoms with Crippen LogP contribution in [0.2, 0.25) is 0 Å². The Morgan fingerprint density at radius 3 is 2.54 bits per heavy atom. The molecule has 2 aromatic carbocycles. The molecule has 0 radical (unpaired) electrons. The Hall–Kier alpha value is -3.47. The van der Waals surface area contributed by atoms with Gasteiger partial charge in [0.25, 0.3) is 5.91 Å². The van der Waals surface area contributed by atoms with Crippen LogP contribution in [0.4, 0.5) is 5.69 Å². The second-order valence-electron chi connectivity index (χ2n) is 6.93. The van der Waals surface area contributed by atoms with Crippen molar-refractivity contribution in [3.05, 3.63) is 95.6 Å². The van der Waals surface area contributed by atoms with Crippen molar-refractivity contribution < 1.29 is 9.59 Å². The van der Waals surface area contributed by atoms with E-state index in [-0.39, 0.29) is 17.7 Å². The minimum absolute atomic E-state index is 0.0188.